The number of hydrogen-bond donors (Lipinski definition) is 0. The van der Waals surface area contributed by atoms with Crippen molar-refractivity contribution in [2.45, 2.75) is 19.9 Å². The third kappa shape index (κ3) is 1.79. The van der Waals surface area contributed by atoms with E-state index in [-0.39, 0.29) is 11.6 Å². The molecule has 0 spiro atoms. The molecule has 0 atom stereocenters. The molecule has 0 saturated carbocycles. The van der Waals surface area contributed by atoms with Crippen molar-refractivity contribution in [1.82, 2.24) is 14.5 Å². The molecule has 0 aromatic carbocycles. The number of aromatic nitrogens is 3. The van der Waals surface area contributed by atoms with E-state index in [0.717, 1.165) is 4.47 Å². The third-order valence-electron chi connectivity index (χ3n) is 2.16. The van der Waals surface area contributed by atoms with Crippen LogP contribution in [-0.2, 0) is 0 Å². The predicted octanol–water partition coefficient (Wildman–Crippen LogP) is 2.13. The highest BCUT2D eigenvalue weighted by Crippen LogP contribution is 2.16. The Labute approximate surface area is 95.1 Å². The average molecular weight is 268 g/mol. The molecule has 0 fully saturated rings. The van der Waals surface area contributed by atoms with Crippen LogP contribution in [0.4, 0.5) is 0 Å². The van der Waals surface area contributed by atoms with Gasteiger partial charge in [-0.25, -0.2) is 4.98 Å². The van der Waals surface area contributed by atoms with E-state index in [2.05, 4.69) is 25.9 Å². The monoisotopic (exact) mass is 267 g/mol. The van der Waals surface area contributed by atoms with Gasteiger partial charge in [-0.2, -0.15) is 4.98 Å². The lowest BCUT2D eigenvalue weighted by Gasteiger charge is -2.12. The van der Waals surface area contributed by atoms with Crippen LogP contribution in [0.5, 0.6) is 0 Å². The molecule has 0 radical (unpaired) electrons. The summed E-state index contributed by atoms with van der Waals surface area (Å²) in [6.45, 7) is 4.05. The molecule has 2 rings (SSSR count). The first kappa shape index (κ1) is 10.3. The van der Waals surface area contributed by atoms with Gasteiger partial charge in [0.25, 0.3) is 5.56 Å². The number of hydrogen-bond acceptors (Lipinski definition) is 3. The van der Waals surface area contributed by atoms with Crippen LogP contribution in [0.3, 0.4) is 0 Å². The summed E-state index contributed by atoms with van der Waals surface area (Å²) in [4.78, 5) is 19.6. The zero-order valence-electron chi connectivity index (χ0n) is 8.44. The van der Waals surface area contributed by atoms with Crippen molar-refractivity contribution in [3.8, 4) is 0 Å². The van der Waals surface area contributed by atoms with Gasteiger partial charge in [-0.05, 0) is 35.8 Å². The first-order chi connectivity index (χ1) is 7.09. The molecular weight excluding hydrogens is 258 g/mol. The largest absolute Gasteiger partial charge is 0.314 e. The first-order valence-corrected chi connectivity index (χ1v) is 5.41. The van der Waals surface area contributed by atoms with Crippen molar-refractivity contribution in [2.75, 3.05) is 0 Å². The van der Waals surface area contributed by atoms with Crippen molar-refractivity contribution in [2.24, 2.45) is 0 Å². The Morgan fingerprint density at radius 2 is 2.13 bits per heavy atom. The van der Waals surface area contributed by atoms with Gasteiger partial charge < -0.3 is 4.57 Å². The maximum atomic E-state index is 11.5. The van der Waals surface area contributed by atoms with Crippen molar-refractivity contribution >= 4 is 27.0 Å². The van der Waals surface area contributed by atoms with Crippen molar-refractivity contribution < 1.29 is 0 Å². The van der Waals surface area contributed by atoms with E-state index in [0.29, 0.717) is 11.0 Å². The lowest BCUT2D eigenvalue weighted by molar-refractivity contribution is 0.601. The zero-order chi connectivity index (χ0) is 11.0. The molecule has 0 bridgehead atoms. The van der Waals surface area contributed by atoms with Crippen LogP contribution < -0.4 is 5.56 Å². The molecule has 0 aliphatic carbocycles. The van der Waals surface area contributed by atoms with Gasteiger partial charge in [-0.15, -0.1) is 0 Å². The Kier molecular flexibility index (Phi) is 2.56. The standard InChI is InChI=1S/C10H10BrN3O/c1-6(2)14-5-13-10(15)8-3-7(11)4-12-9(8)14/h3-6H,1-2H3. The van der Waals surface area contributed by atoms with E-state index >= 15 is 0 Å². The van der Waals surface area contributed by atoms with Crippen LogP contribution >= 0.6 is 15.9 Å². The minimum absolute atomic E-state index is 0.231. The van der Waals surface area contributed by atoms with E-state index in [1.807, 2.05) is 18.4 Å². The summed E-state index contributed by atoms with van der Waals surface area (Å²) in [6, 6.07) is 1.98. The molecule has 2 aromatic rings. The minimum Gasteiger partial charge on any atom is -0.314 e. The lowest BCUT2D eigenvalue weighted by atomic mass is 10.3. The number of nitrogens with zero attached hydrogens (tertiary/aromatic N) is 3. The van der Waals surface area contributed by atoms with Crippen LogP contribution in [0.25, 0.3) is 11.0 Å². The van der Waals surface area contributed by atoms with Crippen molar-refractivity contribution in [3.05, 3.63) is 33.4 Å². The third-order valence-corrected chi connectivity index (χ3v) is 2.60. The Hall–Kier alpha value is -1.23. The second-order valence-electron chi connectivity index (χ2n) is 3.58. The number of rotatable bonds is 1. The second kappa shape index (κ2) is 3.73. The van der Waals surface area contributed by atoms with E-state index in [9.17, 15) is 4.79 Å². The summed E-state index contributed by atoms with van der Waals surface area (Å²) in [6.07, 6.45) is 3.22. The van der Waals surface area contributed by atoms with Gasteiger partial charge in [0.15, 0.2) is 0 Å². The molecule has 0 aliphatic heterocycles. The number of halogens is 1. The first-order valence-electron chi connectivity index (χ1n) is 4.62. The zero-order valence-corrected chi connectivity index (χ0v) is 10.0. The molecule has 2 aromatic heterocycles. The number of pyridine rings is 1. The Morgan fingerprint density at radius 1 is 1.40 bits per heavy atom. The summed E-state index contributed by atoms with van der Waals surface area (Å²) < 4.78 is 2.67. The summed E-state index contributed by atoms with van der Waals surface area (Å²) in [5, 5.41) is 0.542. The van der Waals surface area contributed by atoms with Gasteiger partial charge in [0.05, 0.1) is 5.39 Å². The summed E-state index contributed by atoms with van der Waals surface area (Å²) >= 11 is 3.29. The van der Waals surface area contributed by atoms with E-state index < -0.39 is 0 Å². The van der Waals surface area contributed by atoms with Crippen LogP contribution in [0, 0.1) is 0 Å². The van der Waals surface area contributed by atoms with E-state index in [1.54, 1.807) is 12.3 Å². The summed E-state index contributed by atoms with van der Waals surface area (Å²) in [7, 11) is 0. The van der Waals surface area contributed by atoms with Gasteiger partial charge in [-0.3, -0.25) is 4.79 Å². The molecule has 0 unspecified atom stereocenters. The molecule has 4 nitrogen and oxygen atoms in total. The van der Waals surface area contributed by atoms with Crippen LogP contribution in [0.15, 0.2) is 27.9 Å². The van der Waals surface area contributed by atoms with E-state index in [1.165, 1.54) is 6.33 Å². The lowest BCUT2D eigenvalue weighted by Crippen LogP contribution is -2.14. The van der Waals surface area contributed by atoms with Crippen LogP contribution in [0.2, 0.25) is 0 Å². The molecule has 15 heavy (non-hydrogen) atoms. The fraction of sp³-hybridized carbons (Fsp3) is 0.300. The van der Waals surface area contributed by atoms with Crippen LogP contribution in [-0.4, -0.2) is 14.5 Å². The fourth-order valence-corrected chi connectivity index (χ4v) is 1.74. The Morgan fingerprint density at radius 3 is 2.80 bits per heavy atom. The smallest absolute Gasteiger partial charge is 0.282 e. The van der Waals surface area contributed by atoms with Gasteiger partial charge in [-0.1, -0.05) is 0 Å². The molecule has 0 N–H and O–H groups in total. The predicted molar refractivity (Wildman–Crippen MR) is 61.9 cm³/mol. The summed E-state index contributed by atoms with van der Waals surface area (Å²) in [5.74, 6) is 0. The Balaban J connectivity index is 2.89. The molecule has 5 heteroatoms. The normalized spacial score (nSPS) is 11.2. The van der Waals surface area contributed by atoms with Gasteiger partial charge in [0.2, 0.25) is 0 Å². The number of fused-ring (bicyclic) bond motifs is 1. The van der Waals surface area contributed by atoms with Gasteiger partial charge >= 0.3 is 0 Å². The molecule has 0 amide bonds. The highest BCUT2D eigenvalue weighted by atomic mass is 79.9. The highest BCUT2D eigenvalue weighted by molar-refractivity contribution is 9.10. The highest BCUT2D eigenvalue weighted by Gasteiger charge is 2.07. The van der Waals surface area contributed by atoms with Crippen LogP contribution in [0.1, 0.15) is 19.9 Å². The van der Waals surface area contributed by atoms with Gasteiger partial charge in [0.1, 0.15) is 12.0 Å². The molecule has 0 saturated heterocycles. The average Bonchev–Trinajstić information content (AvgIpc) is 2.19. The Bertz CT molecular complexity index is 562. The minimum atomic E-state index is -0.240. The second-order valence-corrected chi connectivity index (χ2v) is 4.49. The SMILES string of the molecule is CC(C)n1cnc(=O)c2cc(Br)cnc21. The van der Waals surface area contributed by atoms with Crippen molar-refractivity contribution in [1.29, 1.82) is 0 Å². The topological polar surface area (TPSA) is 47.8 Å². The summed E-state index contributed by atoms with van der Waals surface area (Å²) in [5.41, 5.74) is 0.434. The van der Waals surface area contributed by atoms with E-state index in [4.69, 9.17) is 0 Å². The molecular formula is C10H10BrN3O. The molecule has 78 valence electrons. The quantitative estimate of drug-likeness (QED) is 0.796. The fourth-order valence-electron chi connectivity index (χ4n) is 1.41. The molecule has 0 aliphatic rings. The molecule has 2 heterocycles. The van der Waals surface area contributed by atoms with Gasteiger partial charge in [0, 0.05) is 16.7 Å². The maximum Gasteiger partial charge on any atom is 0.282 e. The van der Waals surface area contributed by atoms with Crippen molar-refractivity contribution in [3.63, 3.8) is 0 Å². The maximum absolute atomic E-state index is 11.5.